The van der Waals surface area contributed by atoms with Gasteiger partial charge in [-0.25, -0.2) is 4.39 Å². The zero-order valence-corrected chi connectivity index (χ0v) is 11.6. The summed E-state index contributed by atoms with van der Waals surface area (Å²) in [5.41, 5.74) is 6.31. The highest BCUT2D eigenvalue weighted by atomic mass is 19.1. The molecule has 2 aromatic rings. The second-order valence-corrected chi connectivity index (χ2v) is 5.62. The molecule has 1 unspecified atom stereocenters. The van der Waals surface area contributed by atoms with Crippen molar-refractivity contribution in [3.8, 4) is 0 Å². The minimum atomic E-state index is -0.202. The van der Waals surface area contributed by atoms with Crippen molar-refractivity contribution in [2.45, 2.75) is 31.2 Å². The van der Waals surface area contributed by atoms with Crippen LogP contribution >= 0.6 is 0 Å². The lowest BCUT2D eigenvalue weighted by Gasteiger charge is -2.28. The van der Waals surface area contributed by atoms with E-state index in [9.17, 15) is 4.39 Å². The minimum Gasteiger partial charge on any atom is -0.271 e. The van der Waals surface area contributed by atoms with E-state index < -0.39 is 0 Å². The molecule has 1 aliphatic carbocycles. The molecular weight excluding hydrogens is 251 g/mol. The zero-order valence-electron chi connectivity index (χ0n) is 11.6. The van der Waals surface area contributed by atoms with Crippen LogP contribution in [0.3, 0.4) is 0 Å². The molecule has 3 N–H and O–H groups in total. The Morgan fingerprint density at radius 2 is 1.85 bits per heavy atom. The third-order valence-corrected chi connectivity index (χ3v) is 4.40. The molecule has 20 heavy (non-hydrogen) atoms. The predicted molar refractivity (Wildman–Crippen MR) is 78.6 cm³/mol. The summed E-state index contributed by atoms with van der Waals surface area (Å²) in [5.74, 6) is 5.63. The van der Waals surface area contributed by atoms with Crippen LogP contribution in [0.1, 0.15) is 35.6 Å². The molecule has 1 atom stereocenters. The second-order valence-electron chi connectivity index (χ2n) is 5.62. The lowest BCUT2D eigenvalue weighted by atomic mass is 9.83. The van der Waals surface area contributed by atoms with Crippen LogP contribution in [0.15, 0.2) is 48.5 Å². The zero-order chi connectivity index (χ0) is 14.2. The number of hydrogen-bond donors (Lipinski definition) is 2. The molecule has 0 heterocycles. The maximum atomic E-state index is 13.3. The smallest absolute Gasteiger partial charge is 0.123 e. The number of hydrogen-bond acceptors (Lipinski definition) is 2. The van der Waals surface area contributed by atoms with Crippen molar-refractivity contribution in [1.29, 1.82) is 0 Å². The molecule has 0 saturated heterocycles. The number of benzene rings is 2. The van der Waals surface area contributed by atoms with E-state index in [0.29, 0.717) is 0 Å². The quantitative estimate of drug-likeness (QED) is 0.660. The standard InChI is InChI=1S/C17H19FN2/c1-12-11-14(18)7-8-15(12)16(20-19)17(9-10-17)13-5-3-2-4-6-13/h2-8,11,16,20H,9-10,19H2,1H3. The molecule has 0 bridgehead atoms. The fourth-order valence-corrected chi connectivity index (χ4v) is 3.16. The van der Waals surface area contributed by atoms with E-state index in [4.69, 9.17) is 5.84 Å². The summed E-state index contributed by atoms with van der Waals surface area (Å²) in [4.78, 5) is 0. The highest BCUT2D eigenvalue weighted by Gasteiger charge is 2.51. The van der Waals surface area contributed by atoms with E-state index in [-0.39, 0.29) is 17.3 Å². The Balaban J connectivity index is 2.02. The van der Waals surface area contributed by atoms with Gasteiger partial charge in [0.15, 0.2) is 0 Å². The van der Waals surface area contributed by atoms with Gasteiger partial charge in [0.2, 0.25) is 0 Å². The highest BCUT2D eigenvalue weighted by molar-refractivity contribution is 5.41. The van der Waals surface area contributed by atoms with Gasteiger partial charge in [-0.1, -0.05) is 36.4 Å². The number of nitrogens with two attached hydrogens (primary N) is 1. The van der Waals surface area contributed by atoms with Crippen LogP contribution in [-0.2, 0) is 5.41 Å². The Morgan fingerprint density at radius 1 is 1.15 bits per heavy atom. The highest BCUT2D eigenvalue weighted by Crippen LogP contribution is 2.56. The van der Waals surface area contributed by atoms with Crippen LogP contribution in [0.4, 0.5) is 4.39 Å². The number of nitrogens with one attached hydrogen (secondary N) is 1. The average Bonchev–Trinajstić information content (AvgIpc) is 3.25. The third-order valence-electron chi connectivity index (χ3n) is 4.40. The van der Waals surface area contributed by atoms with Crippen molar-refractivity contribution in [3.05, 3.63) is 71.0 Å². The van der Waals surface area contributed by atoms with Crippen LogP contribution in [0.2, 0.25) is 0 Å². The summed E-state index contributed by atoms with van der Waals surface area (Å²) < 4.78 is 13.3. The topological polar surface area (TPSA) is 38.0 Å². The maximum Gasteiger partial charge on any atom is 0.123 e. The summed E-state index contributed by atoms with van der Waals surface area (Å²) in [7, 11) is 0. The summed E-state index contributed by atoms with van der Waals surface area (Å²) in [6, 6.07) is 15.4. The predicted octanol–water partition coefficient (Wildman–Crippen LogP) is 3.37. The van der Waals surface area contributed by atoms with E-state index in [1.54, 1.807) is 6.07 Å². The van der Waals surface area contributed by atoms with Gasteiger partial charge < -0.3 is 0 Å². The molecule has 3 heteroatoms. The summed E-state index contributed by atoms with van der Waals surface area (Å²) in [5, 5.41) is 0. The molecule has 0 amide bonds. The number of halogens is 1. The first-order chi connectivity index (χ1) is 9.67. The lowest BCUT2D eigenvalue weighted by Crippen LogP contribution is -2.37. The van der Waals surface area contributed by atoms with E-state index >= 15 is 0 Å². The molecule has 3 rings (SSSR count). The average molecular weight is 270 g/mol. The van der Waals surface area contributed by atoms with Crippen LogP contribution in [-0.4, -0.2) is 0 Å². The number of rotatable bonds is 4. The monoisotopic (exact) mass is 270 g/mol. The molecule has 0 aliphatic heterocycles. The molecule has 0 radical (unpaired) electrons. The molecular formula is C17H19FN2. The molecule has 0 aromatic heterocycles. The molecule has 104 valence electrons. The van der Waals surface area contributed by atoms with E-state index in [2.05, 4.69) is 29.7 Å². The van der Waals surface area contributed by atoms with Gasteiger partial charge in [0.25, 0.3) is 0 Å². The molecule has 1 fully saturated rings. The SMILES string of the molecule is Cc1cc(F)ccc1C(NN)C1(c2ccccc2)CC1. The van der Waals surface area contributed by atoms with Crippen LogP contribution in [0.25, 0.3) is 0 Å². The third kappa shape index (κ3) is 2.13. The molecule has 0 spiro atoms. The van der Waals surface area contributed by atoms with Gasteiger partial charge in [0.05, 0.1) is 6.04 Å². The van der Waals surface area contributed by atoms with Crippen LogP contribution in [0.5, 0.6) is 0 Å². The Labute approximate surface area is 118 Å². The van der Waals surface area contributed by atoms with E-state index in [1.165, 1.54) is 11.6 Å². The van der Waals surface area contributed by atoms with Crippen LogP contribution in [0, 0.1) is 12.7 Å². The van der Waals surface area contributed by atoms with Crippen LogP contribution < -0.4 is 11.3 Å². The largest absolute Gasteiger partial charge is 0.271 e. The fourth-order valence-electron chi connectivity index (χ4n) is 3.16. The van der Waals surface area contributed by atoms with Crippen molar-refractivity contribution < 1.29 is 4.39 Å². The van der Waals surface area contributed by atoms with Crippen molar-refractivity contribution in [1.82, 2.24) is 5.43 Å². The normalized spacial score (nSPS) is 17.8. The number of hydrazine groups is 1. The first kappa shape index (κ1) is 13.3. The van der Waals surface area contributed by atoms with Gasteiger partial charge in [-0.15, -0.1) is 0 Å². The summed E-state index contributed by atoms with van der Waals surface area (Å²) in [6.45, 7) is 1.93. The Hall–Kier alpha value is -1.71. The fraction of sp³-hybridized carbons (Fsp3) is 0.294. The van der Waals surface area contributed by atoms with Crippen molar-refractivity contribution in [2.75, 3.05) is 0 Å². The van der Waals surface area contributed by atoms with Gasteiger partial charge in [-0.2, -0.15) is 0 Å². The molecule has 1 saturated carbocycles. The summed E-state index contributed by atoms with van der Waals surface area (Å²) in [6.07, 6.45) is 2.20. The Morgan fingerprint density at radius 3 is 2.40 bits per heavy atom. The Bertz CT molecular complexity index is 606. The van der Waals surface area contributed by atoms with Crippen molar-refractivity contribution in [3.63, 3.8) is 0 Å². The van der Waals surface area contributed by atoms with Gasteiger partial charge in [0.1, 0.15) is 5.82 Å². The van der Waals surface area contributed by atoms with E-state index in [1.807, 2.05) is 19.1 Å². The first-order valence-electron chi connectivity index (χ1n) is 6.95. The lowest BCUT2D eigenvalue weighted by molar-refractivity contribution is 0.436. The van der Waals surface area contributed by atoms with Gasteiger partial charge >= 0.3 is 0 Å². The van der Waals surface area contributed by atoms with Crippen molar-refractivity contribution in [2.24, 2.45) is 5.84 Å². The summed E-state index contributed by atoms with van der Waals surface area (Å²) >= 11 is 0. The van der Waals surface area contributed by atoms with Gasteiger partial charge in [-0.05, 0) is 48.6 Å². The van der Waals surface area contributed by atoms with Gasteiger partial charge in [-0.3, -0.25) is 11.3 Å². The van der Waals surface area contributed by atoms with Gasteiger partial charge in [0, 0.05) is 5.41 Å². The number of aryl methyl sites for hydroxylation is 1. The molecule has 2 nitrogen and oxygen atoms in total. The first-order valence-corrected chi connectivity index (χ1v) is 6.95. The molecule has 2 aromatic carbocycles. The Kier molecular flexibility index (Phi) is 3.32. The van der Waals surface area contributed by atoms with E-state index in [0.717, 1.165) is 24.0 Å². The maximum absolute atomic E-state index is 13.3. The second kappa shape index (κ2) is 5.00. The molecule has 1 aliphatic rings. The van der Waals surface area contributed by atoms with Crippen molar-refractivity contribution >= 4 is 0 Å². The minimum absolute atomic E-state index is 0.0190.